The van der Waals surface area contributed by atoms with Gasteiger partial charge in [0.2, 0.25) is 17.8 Å². The third-order valence-corrected chi connectivity index (χ3v) is 4.12. The molecule has 0 spiro atoms. The summed E-state index contributed by atoms with van der Waals surface area (Å²) in [6, 6.07) is 5.56. The van der Waals surface area contributed by atoms with E-state index in [4.69, 9.17) is 5.11 Å². The maximum absolute atomic E-state index is 12.8. The zero-order valence-electron chi connectivity index (χ0n) is 10.6. The number of nitrogens with zero attached hydrogens (tertiary/aromatic N) is 1. The summed E-state index contributed by atoms with van der Waals surface area (Å²) in [6.45, 7) is 2.27. The number of aliphatic hydroxyl groups excluding tert-OH is 1. The van der Waals surface area contributed by atoms with Crippen LogP contribution in [0, 0.1) is 12.7 Å². The molecule has 2 rings (SSSR count). The number of hydrogen-bond acceptors (Lipinski definition) is 3. The summed E-state index contributed by atoms with van der Waals surface area (Å²) in [4.78, 5) is 13.1. The van der Waals surface area contributed by atoms with E-state index in [0.717, 1.165) is 10.6 Å². The molecule has 0 amide bonds. The average Bonchev–Trinajstić information content (AvgIpc) is 2.73. The Labute approximate surface area is 115 Å². The fraction of sp³-hybridized carbons (Fsp3) is 0.286. The van der Waals surface area contributed by atoms with Gasteiger partial charge in [0.05, 0.1) is 4.88 Å². The highest BCUT2D eigenvalue weighted by molar-refractivity contribution is 7.09. The van der Waals surface area contributed by atoms with Crippen LogP contribution in [0.2, 0.25) is 0 Å². The van der Waals surface area contributed by atoms with E-state index in [2.05, 4.69) is 0 Å². The standard InChI is InChI=1S/C14H15FNO2S/c1-10-14(6-7-17)19-9-16(10)8-13(18)11-2-4-12(15)5-3-11/h2-5,9,17H,6-8H2,1H3/q+1. The van der Waals surface area contributed by atoms with Crippen molar-refractivity contribution in [2.75, 3.05) is 6.61 Å². The minimum Gasteiger partial charge on any atom is -0.396 e. The number of thiazole rings is 1. The van der Waals surface area contributed by atoms with Crippen LogP contribution in [0.3, 0.4) is 0 Å². The predicted molar refractivity (Wildman–Crippen MR) is 70.8 cm³/mol. The molecule has 2 aromatic rings. The highest BCUT2D eigenvalue weighted by atomic mass is 32.1. The molecule has 0 atom stereocenters. The first kappa shape index (κ1) is 13.8. The van der Waals surface area contributed by atoms with Gasteiger partial charge in [-0.15, -0.1) is 0 Å². The van der Waals surface area contributed by atoms with Crippen molar-refractivity contribution in [3.8, 4) is 0 Å². The lowest BCUT2D eigenvalue weighted by Gasteiger charge is -1.98. The molecule has 0 saturated heterocycles. The number of carbonyl (C=O) groups excluding carboxylic acids is 1. The molecular formula is C14H15FNO2S+. The van der Waals surface area contributed by atoms with E-state index in [9.17, 15) is 9.18 Å². The van der Waals surface area contributed by atoms with Crippen LogP contribution in [-0.4, -0.2) is 17.5 Å². The number of benzene rings is 1. The first-order valence-electron chi connectivity index (χ1n) is 5.98. The van der Waals surface area contributed by atoms with Gasteiger partial charge in [0.15, 0.2) is 5.69 Å². The molecule has 0 bridgehead atoms. The van der Waals surface area contributed by atoms with Crippen molar-refractivity contribution in [3.63, 3.8) is 0 Å². The minimum atomic E-state index is -0.346. The molecule has 0 unspecified atom stereocenters. The number of aromatic nitrogens is 1. The van der Waals surface area contributed by atoms with Crippen molar-refractivity contribution in [1.82, 2.24) is 0 Å². The topological polar surface area (TPSA) is 41.2 Å². The Morgan fingerprint density at radius 1 is 1.37 bits per heavy atom. The molecule has 1 heterocycles. The summed E-state index contributed by atoms with van der Waals surface area (Å²) in [5.74, 6) is -0.400. The van der Waals surface area contributed by atoms with Gasteiger partial charge in [-0.05, 0) is 24.3 Å². The Morgan fingerprint density at radius 3 is 2.68 bits per heavy atom. The van der Waals surface area contributed by atoms with Gasteiger partial charge < -0.3 is 5.11 Å². The van der Waals surface area contributed by atoms with E-state index in [0.29, 0.717) is 12.0 Å². The molecule has 0 aliphatic heterocycles. The summed E-state index contributed by atoms with van der Waals surface area (Å²) >= 11 is 1.53. The van der Waals surface area contributed by atoms with E-state index in [1.54, 1.807) is 0 Å². The number of Topliss-reactive ketones (excluding diaryl/α,β-unsaturated/α-hetero) is 1. The second-order valence-electron chi connectivity index (χ2n) is 4.26. The van der Waals surface area contributed by atoms with Crippen molar-refractivity contribution in [3.05, 3.63) is 51.7 Å². The lowest BCUT2D eigenvalue weighted by molar-refractivity contribution is -0.684. The largest absolute Gasteiger partial charge is 0.396 e. The van der Waals surface area contributed by atoms with Crippen LogP contribution >= 0.6 is 11.3 Å². The number of ketones is 1. The summed E-state index contributed by atoms with van der Waals surface area (Å²) in [6.07, 6.45) is 0.605. The predicted octanol–water partition coefficient (Wildman–Crippen LogP) is 1.90. The van der Waals surface area contributed by atoms with Gasteiger partial charge in [0.1, 0.15) is 5.82 Å². The minimum absolute atomic E-state index is 0.0542. The molecular weight excluding hydrogens is 265 g/mol. The number of aliphatic hydroxyl groups is 1. The van der Waals surface area contributed by atoms with Gasteiger partial charge in [-0.2, -0.15) is 4.57 Å². The van der Waals surface area contributed by atoms with Gasteiger partial charge in [-0.1, -0.05) is 11.3 Å². The monoisotopic (exact) mass is 280 g/mol. The van der Waals surface area contributed by atoms with E-state index >= 15 is 0 Å². The highest BCUT2D eigenvalue weighted by Crippen LogP contribution is 2.12. The number of hydrogen-bond donors (Lipinski definition) is 1. The maximum Gasteiger partial charge on any atom is 0.227 e. The molecule has 0 saturated carbocycles. The van der Waals surface area contributed by atoms with Gasteiger partial charge in [0.25, 0.3) is 0 Å². The number of rotatable bonds is 5. The molecule has 0 radical (unpaired) electrons. The fourth-order valence-corrected chi connectivity index (χ4v) is 2.81. The summed E-state index contributed by atoms with van der Waals surface area (Å²) in [5.41, 5.74) is 3.37. The molecule has 0 aliphatic rings. The van der Waals surface area contributed by atoms with Crippen LogP contribution in [0.25, 0.3) is 0 Å². The molecule has 5 heteroatoms. The zero-order valence-corrected chi connectivity index (χ0v) is 11.4. The third-order valence-electron chi connectivity index (χ3n) is 2.98. The molecule has 1 aromatic carbocycles. The average molecular weight is 280 g/mol. The Hall–Kier alpha value is -1.59. The van der Waals surface area contributed by atoms with Crippen molar-refractivity contribution in [1.29, 1.82) is 0 Å². The van der Waals surface area contributed by atoms with Crippen molar-refractivity contribution in [2.24, 2.45) is 0 Å². The second kappa shape index (κ2) is 6.04. The fourth-order valence-electron chi connectivity index (χ4n) is 1.83. The number of halogens is 1. The number of carbonyl (C=O) groups is 1. The lowest BCUT2D eigenvalue weighted by Crippen LogP contribution is -2.38. The Balaban J connectivity index is 2.12. The molecule has 1 aromatic heterocycles. The van der Waals surface area contributed by atoms with E-state index in [1.807, 2.05) is 17.0 Å². The van der Waals surface area contributed by atoms with Crippen LogP contribution in [0.5, 0.6) is 0 Å². The summed E-state index contributed by atoms with van der Waals surface area (Å²) in [5, 5.41) is 8.93. The normalized spacial score (nSPS) is 10.7. The Kier molecular flexibility index (Phi) is 4.39. The Bertz CT molecular complexity index is 578. The van der Waals surface area contributed by atoms with E-state index < -0.39 is 0 Å². The van der Waals surface area contributed by atoms with Crippen LogP contribution in [-0.2, 0) is 13.0 Å². The molecule has 19 heavy (non-hydrogen) atoms. The highest BCUT2D eigenvalue weighted by Gasteiger charge is 2.19. The first-order chi connectivity index (χ1) is 9.11. The van der Waals surface area contributed by atoms with Crippen molar-refractivity contribution < 1.29 is 18.9 Å². The van der Waals surface area contributed by atoms with E-state index in [-0.39, 0.29) is 24.8 Å². The third kappa shape index (κ3) is 3.24. The SMILES string of the molecule is Cc1c(CCO)sc[n+]1CC(=O)c1ccc(F)cc1. The molecule has 0 aliphatic carbocycles. The van der Waals surface area contributed by atoms with Crippen LogP contribution in [0.1, 0.15) is 20.9 Å². The van der Waals surface area contributed by atoms with Crippen LogP contribution in [0.4, 0.5) is 4.39 Å². The van der Waals surface area contributed by atoms with Gasteiger partial charge in [-0.25, -0.2) is 4.39 Å². The van der Waals surface area contributed by atoms with Crippen LogP contribution < -0.4 is 4.57 Å². The summed E-state index contributed by atoms with van der Waals surface area (Å²) in [7, 11) is 0. The molecule has 1 N–H and O–H groups in total. The molecule has 3 nitrogen and oxygen atoms in total. The van der Waals surface area contributed by atoms with Gasteiger partial charge >= 0.3 is 0 Å². The second-order valence-corrected chi connectivity index (χ2v) is 5.20. The molecule has 100 valence electrons. The van der Waals surface area contributed by atoms with Crippen molar-refractivity contribution in [2.45, 2.75) is 19.9 Å². The van der Waals surface area contributed by atoms with Crippen molar-refractivity contribution >= 4 is 17.1 Å². The van der Waals surface area contributed by atoms with Gasteiger partial charge in [0, 0.05) is 25.5 Å². The zero-order chi connectivity index (χ0) is 13.8. The first-order valence-corrected chi connectivity index (χ1v) is 6.86. The lowest BCUT2D eigenvalue weighted by atomic mass is 10.1. The maximum atomic E-state index is 12.8. The quantitative estimate of drug-likeness (QED) is 0.671. The van der Waals surface area contributed by atoms with E-state index in [1.165, 1.54) is 35.6 Å². The smallest absolute Gasteiger partial charge is 0.227 e. The summed E-state index contributed by atoms with van der Waals surface area (Å²) < 4.78 is 14.7. The Morgan fingerprint density at radius 2 is 2.05 bits per heavy atom. The van der Waals surface area contributed by atoms with Gasteiger partial charge in [-0.3, -0.25) is 4.79 Å². The molecule has 0 fully saturated rings. The van der Waals surface area contributed by atoms with Crippen LogP contribution in [0.15, 0.2) is 29.8 Å².